The highest BCUT2D eigenvalue weighted by molar-refractivity contribution is 5.76. The van der Waals surface area contributed by atoms with Crippen LogP contribution in [-0.2, 0) is 4.79 Å². The van der Waals surface area contributed by atoms with Crippen LogP contribution in [0, 0.1) is 11.3 Å². The predicted molar refractivity (Wildman–Crippen MR) is 69.6 cm³/mol. The van der Waals surface area contributed by atoms with E-state index in [0.29, 0.717) is 25.3 Å². The molecule has 0 heterocycles. The van der Waals surface area contributed by atoms with Crippen LogP contribution in [0.1, 0.15) is 46.5 Å². The van der Waals surface area contributed by atoms with Crippen molar-refractivity contribution in [3.05, 3.63) is 12.2 Å². The summed E-state index contributed by atoms with van der Waals surface area (Å²) in [7, 11) is 0. The summed E-state index contributed by atoms with van der Waals surface area (Å²) in [4.78, 5) is 11.7. The number of amides is 1. The number of aliphatic hydroxyl groups excluding tert-OH is 1. The van der Waals surface area contributed by atoms with Crippen molar-refractivity contribution in [2.24, 2.45) is 11.3 Å². The smallest absolute Gasteiger partial charge is 0.220 e. The van der Waals surface area contributed by atoms with E-state index in [-0.39, 0.29) is 17.4 Å². The van der Waals surface area contributed by atoms with Crippen molar-refractivity contribution in [2.45, 2.75) is 52.6 Å². The number of carbonyl (C=O) groups excluding carboxylic acids is 1. The zero-order valence-electron chi connectivity index (χ0n) is 11.2. The van der Waals surface area contributed by atoms with Crippen molar-refractivity contribution in [1.82, 2.24) is 5.32 Å². The van der Waals surface area contributed by atoms with Crippen LogP contribution in [0.15, 0.2) is 12.2 Å². The van der Waals surface area contributed by atoms with E-state index in [1.165, 1.54) is 0 Å². The summed E-state index contributed by atoms with van der Waals surface area (Å²) in [5.74, 6) is 0.551. The second-order valence-corrected chi connectivity index (χ2v) is 5.96. The van der Waals surface area contributed by atoms with E-state index in [4.69, 9.17) is 0 Å². The van der Waals surface area contributed by atoms with Gasteiger partial charge in [0.25, 0.3) is 0 Å². The molecule has 1 rings (SSSR count). The van der Waals surface area contributed by atoms with E-state index in [2.05, 4.69) is 31.3 Å². The van der Waals surface area contributed by atoms with Crippen molar-refractivity contribution < 1.29 is 9.90 Å². The second kappa shape index (κ2) is 6.20. The van der Waals surface area contributed by atoms with E-state index in [1.54, 1.807) is 6.92 Å². The van der Waals surface area contributed by atoms with Gasteiger partial charge in [-0.05, 0) is 37.5 Å². The summed E-state index contributed by atoms with van der Waals surface area (Å²) in [6.07, 6.45) is 7.48. The van der Waals surface area contributed by atoms with E-state index in [1.807, 2.05) is 0 Å². The van der Waals surface area contributed by atoms with Gasteiger partial charge >= 0.3 is 0 Å². The molecule has 3 nitrogen and oxygen atoms in total. The normalized spacial score (nSPS) is 21.5. The topological polar surface area (TPSA) is 49.3 Å². The van der Waals surface area contributed by atoms with Gasteiger partial charge in [-0.25, -0.2) is 0 Å². The highest BCUT2D eigenvalue weighted by Crippen LogP contribution is 2.22. The molecule has 1 aliphatic carbocycles. The minimum atomic E-state index is -0.320. The lowest BCUT2D eigenvalue weighted by atomic mass is 9.87. The molecule has 2 atom stereocenters. The maximum Gasteiger partial charge on any atom is 0.220 e. The Morgan fingerprint density at radius 3 is 2.82 bits per heavy atom. The molecule has 3 heteroatoms. The summed E-state index contributed by atoms with van der Waals surface area (Å²) in [5.41, 5.74) is -0.0463. The molecule has 0 radical (unpaired) electrons. The second-order valence-electron chi connectivity index (χ2n) is 5.96. The average Bonchev–Trinajstić information content (AvgIpc) is 2.65. The fourth-order valence-corrected chi connectivity index (χ4v) is 2.39. The van der Waals surface area contributed by atoms with Crippen LogP contribution in [0.2, 0.25) is 0 Å². The molecule has 0 aromatic heterocycles. The van der Waals surface area contributed by atoms with Gasteiger partial charge in [0.05, 0.1) is 6.10 Å². The van der Waals surface area contributed by atoms with Gasteiger partial charge in [0.15, 0.2) is 0 Å². The molecule has 0 aliphatic heterocycles. The van der Waals surface area contributed by atoms with Crippen molar-refractivity contribution in [3.63, 3.8) is 0 Å². The first-order valence-electron chi connectivity index (χ1n) is 6.50. The number of nitrogens with one attached hydrogen (secondary N) is 1. The molecule has 98 valence electrons. The number of carbonyl (C=O) groups is 1. The molecule has 0 aromatic carbocycles. The highest BCUT2D eigenvalue weighted by Gasteiger charge is 2.22. The Labute approximate surface area is 104 Å². The van der Waals surface area contributed by atoms with Gasteiger partial charge in [0, 0.05) is 13.0 Å². The summed E-state index contributed by atoms with van der Waals surface area (Å²) in [5, 5.41) is 12.3. The Bertz CT molecular complexity index is 282. The van der Waals surface area contributed by atoms with Crippen LogP contribution in [-0.4, -0.2) is 23.7 Å². The lowest BCUT2D eigenvalue weighted by Crippen LogP contribution is -2.36. The Morgan fingerprint density at radius 1 is 1.59 bits per heavy atom. The van der Waals surface area contributed by atoms with Gasteiger partial charge in [-0.1, -0.05) is 26.0 Å². The van der Waals surface area contributed by atoms with Gasteiger partial charge in [0.1, 0.15) is 0 Å². The van der Waals surface area contributed by atoms with Crippen LogP contribution in [0.25, 0.3) is 0 Å². The summed E-state index contributed by atoms with van der Waals surface area (Å²) >= 11 is 0. The molecule has 17 heavy (non-hydrogen) atoms. The Morgan fingerprint density at radius 2 is 2.29 bits per heavy atom. The monoisotopic (exact) mass is 239 g/mol. The number of hydrogen-bond donors (Lipinski definition) is 2. The van der Waals surface area contributed by atoms with E-state index in [0.717, 1.165) is 12.8 Å². The van der Waals surface area contributed by atoms with Crippen molar-refractivity contribution >= 4 is 5.91 Å². The molecule has 0 aromatic rings. The van der Waals surface area contributed by atoms with Crippen LogP contribution in [0.4, 0.5) is 0 Å². The van der Waals surface area contributed by atoms with Crippen LogP contribution in [0.3, 0.4) is 0 Å². The lowest BCUT2D eigenvalue weighted by molar-refractivity contribution is -0.122. The van der Waals surface area contributed by atoms with Crippen LogP contribution >= 0.6 is 0 Å². The predicted octanol–water partition coefficient (Wildman–Crippen LogP) is 2.26. The summed E-state index contributed by atoms with van der Waals surface area (Å²) in [6.45, 7) is 6.55. The number of aliphatic hydroxyl groups is 1. The van der Waals surface area contributed by atoms with Gasteiger partial charge in [-0.15, -0.1) is 0 Å². The quantitative estimate of drug-likeness (QED) is 0.698. The zero-order valence-corrected chi connectivity index (χ0v) is 11.2. The maximum atomic E-state index is 11.7. The standard InChI is InChI=1S/C14H25NO2/c1-11(16)9-14(2,3)10-15-13(17)8-12-6-4-5-7-12/h4,6,11-12,16H,5,7-10H2,1-3H3,(H,15,17). The third-order valence-corrected chi connectivity index (χ3v) is 3.17. The molecular weight excluding hydrogens is 214 g/mol. The fourth-order valence-electron chi connectivity index (χ4n) is 2.39. The van der Waals surface area contributed by atoms with Crippen molar-refractivity contribution in [1.29, 1.82) is 0 Å². The van der Waals surface area contributed by atoms with Crippen LogP contribution < -0.4 is 5.32 Å². The number of rotatable bonds is 6. The average molecular weight is 239 g/mol. The first-order valence-corrected chi connectivity index (χ1v) is 6.50. The van der Waals surface area contributed by atoms with Gasteiger partial charge in [-0.2, -0.15) is 0 Å². The number of allylic oxidation sites excluding steroid dienone is 2. The third kappa shape index (κ3) is 5.87. The Hall–Kier alpha value is -0.830. The molecule has 0 bridgehead atoms. The minimum absolute atomic E-state index is 0.0463. The van der Waals surface area contributed by atoms with E-state index < -0.39 is 0 Å². The molecule has 2 unspecified atom stereocenters. The minimum Gasteiger partial charge on any atom is -0.393 e. The Balaban J connectivity index is 2.24. The number of hydrogen-bond acceptors (Lipinski definition) is 2. The maximum absolute atomic E-state index is 11.7. The van der Waals surface area contributed by atoms with Gasteiger partial charge in [0.2, 0.25) is 5.91 Å². The molecular formula is C14H25NO2. The molecule has 1 aliphatic rings. The zero-order chi connectivity index (χ0) is 12.9. The van der Waals surface area contributed by atoms with Gasteiger partial charge in [-0.3, -0.25) is 4.79 Å². The molecule has 0 saturated heterocycles. The summed E-state index contributed by atoms with van der Waals surface area (Å²) in [6, 6.07) is 0. The summed E-state index contributed by atoms with van der Waals surface area (Å²) < 4.78 is 0. The molecule has 0 saturated carbocycles. The van der Waals surface area contributed by atoms with Crippen molar-refractivity contribution in [2.75, 3.05) is 6.54 Å². The third-order valence-electron chi connectivity index (χ3n) is 3.17. The van der Waals surface area contributed by atoms with Gasteiger partial charge < -0.3 is 10.4 Å². The molecule has 2 N–H and O–H groups in total. The SMILES string of the molecule is CC(O)CC(C)(C)CNC(=O)CC1C=CCC1. The largest absolute Gasteiger partial charge is 0.393 e. The lowest BCUT2D eigenvalue weighted by Gasteiger charge is -2.26. The highest BCUT2D eigenvalue weighted by atomic mass is 16.3. The first-order chi connectivity index (χ1) is 7.89. The molecule has 0 fully saturated rings. The van der Waals surface area contributed by atoms with Crippen LogP contribution in [0.5, 0.6) is 0 Å². The van der Waals surface area contributed by atoms with E-state index in [9.17, 15) is 9.90 Å². The first kappa shape index (κ1) is 14.2. The van der Waals surface area contributed by atoms with E-state index >= 15 is 0 Å². The molecule has 0 spiro atoms. The Kier molecular flexibility index (Phi) is 5.19. The van der Waals surface area contributed by atoms with Crippen molar-refractivity contribution in [3.8, 4) is 0 Å². The fraction of sp³-hybridized carbons (Fsp3) is 0.786. The molecule has 1 amide bonds.